The largest absolute Gasteiger partial charge is 0.450 e. The van der Waals surface area contributed by atoms with Crippen molar-refractivity contribution < 1.29 is 14.3 Å². The van der Waals surface area contributed by atoms with E-state index in [2.05, 4.69) is 5.32 Å². The molecule has 1 N–H and O–H groups in total. The summed E-state index contributed by atoms with van der Waals surface area (Å²) in [5.41, 5.74) is 1.15. The number of alkyl carbamates (subject to hydrolysis) is 1. The van der Waals surface area contributed by atoms with Crippen LogP contribution >= 0.6 is 0 Å². The van der Waals surface area contributed by atoms with Crippen LogP contribution < -0.4 is 5.32 Å². The first-order chi connectivity index (χ1) is 8.76. The molecule has 0 aliphatic rings. The van der Waals surface area contributed by atoms with Gasteiger partial charge < -0.3 is 14.8 Å². The van der Waals surface area contributed by atoms with E-state index in [9.17, 15) is 9.59 Å². The molecule has 1 amide bonds. The minimum Gasteiger partial charge on any atom is -0.450 e. The van der Waals surface area contributed by atoms with Crippen LogP contribution in [0.1, 0.15) is 25.3 Å². The van der Waals surface area contributed by atoms with Gasteiger partial charge in [0.1, 0.15) is 6.29 Å². The fourth-order valence-corrected chi connectivity index (χ4v) is 1.53. The lowest BCUT2D eigenvalue weighted by Crippen LogP contribution is -2.36. The number of rotatable bonds is 7. The number of carbonyl (C=O) groups is 2. The molecule has 1 atom stereocenters. The molecule has 0 saturated carbocycles. The maximum atomic E-state index is 11.3. The summed E-state index contributed by atoms with van der Waals surface area (Å²) >= 11 is 0. The predicted octanol–water partition coefficient (Wildman–Crippen LogP) is 2.32. The molecular weight excluding hydrogens is 230 g/mol. The van der Waals surface area contributed by atoms with Gasteiger partial charge in [0.25, 0.3) is 0 Å². The summed E-state index contributed by atoms with van der Waals surface area (Å²) in [6, 6.07) is 9.35. The van der Waals surface area contributed by atoms with Gasteiger partial charge in [0.05, 0.1) is 12.6 Å². The fourth-order valence-electron chi connectivity index (χ4n) is 1.53. The number of carbonyl (C=O) groups excluding carboxylic acids is 2. The molecule has 0 aromatic heterocycles. The molecule has 1 aromatic carbocycles. The van der Waals surface area contributed by atoms with Gasteiger partial charge in [-0.05, 0) is 24.8 Å². The summed E-state index contributed by atoms with van der Waals surface area (Å²) in [6.07, 6.45) is 2.31. The third kappa shape index (κ3) is 5.48. The van der Waals surface area contributed by atoms with E-state index < -0.39 is 12.1 Å². The van der Waals surface area contributed by atoms with Gasteiger partial charge >= 0.3 is 6.09 Å². The Labute approximate surface area is 107 Å². The average Bonchev–Trinajstić information content (AvgIpc) is 2.42. The fraction of sp³-hybridized carbons (Fsp3) is 0.429. The van der Waals surface area contributed by atoms with Gasteiger partial charge in [0.15, 0.2) is 0 Å². The Morgan fingerprint density at radius 2 is 2.11 bits per heavy atom. The van der Waals surface area contributed by atoms with Crippen LogP contribution in [0, 0.1) is 0 Å². The predicted molar refractivity (Wildman–Crippen MR) is 69.4 cm³/mol. The van der Waals surface area contributed by atoms with Crippen molar-refractivity contribution in [1.82, 2.24) is 5.32 Å². The highest BCUT2D eigenvalue weighted by molar-refractivity contribution is 5.73. The normalized spacial score (nSPS) is 11.6. The number of ether oxygens (including phenoxy) is 1. The summed E-state index contributed by atoms with van der Waals surface area (Å²) in [7, 11) is 0. The number of hydrogen-bond acceptors (Lipinski definition) is 3. The number of benzene rings is 1. The quantitative estimate of drug-likeness (QED) is 0.754. The molecule has 4 heteroatoms. The minimum atomic E-state index is -0.526. The maximum Gasteiger partial charge on any atom is 0.407 e. The Bertz CT molecular complexity index is 365. The lowest BCUT2D eigenvalue weighted by molar-refractivity contribution is -0.109. The zero-order valence-electron chi connectivity index (χ0n) is 10.6. The molecule has 18 heavy (non-hydrogen) atoms. The molecular formula is C14H19NO3. The van der Waals surface area contributed by atoms with Crippen molar-refractivity contribution in [2.45, 2.75) is 32.2 Å². The van der Waals surface area contributed by atoms with Crippen molar-refractivity contribution in [3.8, 4) is 0 Å². The van der Waals surface area contributed by atoms with Crippen molar-refractivity contribution in [1.29, 1.82) is 0 Å². The lowest BCUT2D eigenvalue weighted by Gasteiger charge is -2.12. The number of hydrogen-bond donors (Lipinski definition) is 1. The van der Waals surface area contributed by atoms with Gasteiger partial charge in [-0.2, -0.15) is 0 Å². The van der Waals surface area contributed by atoms with E-state index in [4.69, 9.17) is 4.74 Å². The zero-order chi connectivity index (χ0) is 13.2. The zero-order valence-corrected chi connectivity index (χ0v) is 10.6. The molecule has 0 saturated heterocycles. The van der Waals surface area contributed by atoms with Crippen LogP contribution in [0.15, 0.2) is 30.3 Å². The Balaban J connectivity index is 2.33. The van der Waals surface area contributed by atoms with Gasteiger partial charge in [0.2, 0.25) is 0 Å². The van der Waals surface area contributed by atoms with E-state index in [-0.39, 0.29) is 0 Å². The summed E-state index contributed by atoms with van der Waals surface area (Å²) in [6.45, 7) is 2.29. The van der Waals surface area contributed by atoms with Gasteiger partial charge in [0, 0.05) is 0 Å². The maximum absolute atomic E-state index is 11.3. The molecule has 4 nitrogen and oxygen atoms in total. The Hall–Kier alpha value is -1.84. The van der Waals surface area contributed by atoms with Crippen LogP contribution in [0.3, 0.4) is 0 Å². The smallest absolute Gasteiger partial charge is 0.407 e. The highest BCUT2D eigenvalue weighted by atomic mass is 16.5. The second-order valence-corrected chi connectivity index (χ2v) is 4.05. The topological polar surface area (TPSA) is 55.4 Å². The number of aldehydes is 1. The van der Waals surface area contributed by atoms with Crippen molar-refractivity contribution in [3.63, 3.8) is 0 Å². The van der Waals surface area contributed by atoms with Crippen LogP contribution in [0.2, 0.25) is 0 Å². The number of amides is 1. The van der Waals surface area contributed by atoms with E-state index in [1.807, 2.05) is 37.3 Å². The standard InChI is InChI=1S/C14H19NO3/c1-2-10-18-14(17)15-13(11-16)9-8-12-6-4-3-5-7-12/h3-7,11,13H,2,8-10H2,1H3,(H,15,17). The molecule has 1 rings (SSSR count). The van der Waals surface area contributed by atoms with Crippen LogP contribution in [0.4, 0.5) is 4.79 Å². The molecule has 1 aromatic rings. The van der Waals surface area contributed by atoms with E-state index in [0.717, 1.165) is 24.7 Å². The van der Waals surface area contributed by atoms with Crippen molar-refractivity contribution >= 4 is 12.4 Å². The highest BCUT2D eigenvalue weighted by Gasteiger charge is 2.11. The third-order valence-corrected chi connectivity index (χ3v) is 2.49. The molecule has 1 unspecified atom stereocenters. The van der Waals surface area contributed by atoms with E-state index >= 15 is 0 Å². The monoisotopic (exact) mass is 249 g/mol. The van der Waals surface area contributed by atoms with E-state index in [1.165, 1.54) is 0 Å². The highest BCUT2D eigenvalue weighted by Crippen LogP contribution is 2.04. The van der Waals surface area contributed by atoms with Crippen molar-refractivity contribution in [2.24, 2.45) is 0 Å². The SMILES string of the molecule is CCCOC(=O)NC(C=O)CCc1ccccc1. The Morgan fingerprint density at radius 1 is 1.39 bits per heavy atom. The lowest BCUT2D eigenvalue weighted by atomic mass is 10.1. The molecule has 0 aliphatic heterocycles. The van der Waals surface area contributed by atoms with Gasteiger partial charge in [-0.3, -0.25) is 0 Å². The van der Waals surface area contributed by atoms with Crippen LogP contribution in [0.5, 0.6) is 0 Å². The molecule has 0 aliphatic carbocycles. The van der Waals surface area contributed by atoms with Gasteiger partial charge in [-0.1, -0.05) is 37.3 Å². The third-order valence-electron chi connectivity index (χ3n) is 2.49. The Morgan fingerprint density at radius 3 is 2.72 bits per heavy atom. The molecule has 0 bridgehead atoms. The van der Waals surface area contributed by atoms with Crippen molar-refractivity contribution in [2.75, 3.05) is 6.61 Å². The van der Waals surface area contributed by atoms with Crippen LogP contribution in [-0.2, 0) is 16.0 Å². The summed E-state index contributed by atoms with van der Waals surface area (Å²) in [5, 5.41) is 2.54. The second-order valence-electron chi connectivity index (χ2n) is 4.05. The van der Waals surface area contributed by atoms with Crippen molar-refractivity contribution in [3.05, 3.63) is 35.9 Å². The number of nitrogens with one attached hydrogen (secondary N) is 1. The summed E-state index contributed by atoms with van der Waals surface area (Å²) in [4.78, 5) is 22.2. The van der Waals surface area contributed by atoms with Crippen LogP contribution in [-0.4, -0.2) is 25.0 Å². The Kier molecular flexibility index (Phi) is 6.54. The second kappa shape index (κ2) is 8.28. The first-order valence-corrected chi connectivity index (χ1v) is 6.18. The first kappa shape index (κ1) is 14.2. The van der Waals surface area contributed by atoms with E-state index in [0.29, 0.717) is 13.0 Å². The van der Waals surface area contributed by atoms with Gasteiger partial charge in [-0.15, -0.1) is 0 Å². The molecule has 0 spiro atoms. The average molecular weight is 249 g/mol. The molecule has 0 heterocycles. The minimum absolute atomic E-state index is 0.371. The van der Waals surface area contributed by atoms with Crippen LogP contribution in [0.25, 0.3) is 0 Å². The number of aryl methyl sites for hydroxylation is 1. The molecule has 98 valence electrons. The molecule has 0 radical (unpaired) electrons. The first-order valence-electron chi connectivity index (χ1n) is 6.18. The molecule has 0 fully saturated rings. The summed E-state index contributed by atoms with van der Waals surface area (Å²) in [5.74, 6) is 0. The van der Waals surface area contributed by atoms with E-state index in [1.54, 1.807) is 0 Å². The summed E-state index contributed by atoms with van der Waals surface area (Å²) < 4.78 is 4.87. The van der Waals surface area contributed by atoms with Gasteiger partial charge in [-0.25, -0.2) is 4.79 Å².